The molecule has 0 saturated heterocycles. The first kappa shape index (κ1) is 35.3. The molecule has 1 nitrogen and oxygen atoms in total. The minimum Gasteiger partial charge on any atom is -0.308 e. The second kappa shape index (κ2) is 12.8. The molecule has 55 heavy (non-hydrogen) atoms. The Bertz CT molecular complexity index is 2750. The third-order valence-corrected chi connectivity index (χ3v) is 13.0. The van der Waals surface area contributed by atoms with E-state index in [2.05, 4.69) is 212 Å². The summed E-state index contributed by atoms with van der Waals surface area (Å²) in [6, 6.07) is 56.6. The number of nitrogens with zero attached hydrogens (tertiary/aromatic N) is 1. The van der Waals surface area contributed by atoms with E-state index < -0.39 is 0 Å². The van der Waals surface area contributed by atoms with Gasteiger partial charge in [0.1, 0.15) is 0 Å². The van der Waals surface area contributed by atoms with Gasteiger partial charge in [-0.1, -0.05) is 177 Å². The van der Waals surface area contributed by atoms with Gasteiger partial charge in [-0.3, -0.25) is 0 Å². The van der Waals surface area contributed by atoms with Gasteiger partial charge in [0.2, 0.25) is 0 Å². The predicted molar refractivity (Wildman–Crippen MR) is 240 cm³/mol. The van der Waals surface area contributed by atoms with Crippen molar-refractivity contribution in [1.29, 1.82) is 0 Å². The van der Waals surface area contributed by atoms with E-state index in [-0.39, 0.29) is 16.2 Å². The molecule has 0 aliphatic heterocycles. The fourth-order valence-electron chi connectivity index (χ4n) is 8.81. The van der Waals surface area contributed by atoms with Gasteiger partial charge >= 0.3 is 0 Å². The van der Waals surface area contributed by atoms with E-state index in [1.807, 2.05) is 11.3 Å². The molecule has 0 atom stereocenters. The van der Waals surface area contributed by atoms with E-state index in [4.69, 9.17) is 0 Å². The molecule has 0 saturated carbocycles. The number of thiophene rings is 1. The number of fused-ring (bicyclic) bond motifs is 6. The zero-order chi connectivity index (χ0) is 38.3. The first-order valence-corrected chi connectivity index (χ1v) is 20.4. The van der Waals surface area contributed by atoms with Crippen LogP contribution in [0.5, 0.6) is 0 Å². The summed E-state index contributed by atoms with van der Waals surface area (Å²) in [6.07, 6.45) is 0. The second-order valence-electron chi connectivity index (χ2n) is 17.8. The Balaban J connectivity index is 1.34. The topological polar surface area (TPSA) is 3.24 Å². The predicted octanol–water partition coefficient (Wildman–Crippen LogP) is 15.8. The molecule has 0 fully saturated rings. The van der Waals surface area contributed by atoms with Gasteiger partial charge in [0, 0.05) is 32.1 Å². The van der Waals surface area contributed by atoms with Gasteiger partial charge in [0.25, 0.3) is 0 Å². The minimum absolute atomic E-state index is 0.0394. The SMILES string of the molecule is CC(C)(C)c1cc(C(C)(C)C)c2c(c1)C(C)(C)c1cccc(-c3ccccc3N(c3cccc(-c4ccccc4)c3)c3cccc4c3sc3ccccc34)c1-2. The highest BCUT2D eigenvalue weighted by molar-refractivity contribution is 7.26. The summed E-state index contributed by atoms with van der Waals surface area (Å²) in [5.41, 5.74) is 16.7. The molecule has 7 aromatic carbocycles. The number of para-hydroxylation sites is 1. The Morgan fingerprint density at radius 3 is 1.91 bits per heavy atom. The van der Waals surface area contributed by atoms with Crippen molar-refractivity contribution >= 4 is 48.6 Å². The Hall–Kier alpha value is -5.44. The Morgan fingerprint density at radius 1 is 0.491 bits per heavy atom. The number of anilines is 3. The summed E-state index contributed by atoms with van der Waals surface area (Å²) >= 11 is 1.88. The number of hydrogen-bond acceptors (Lipinski definition) is 2. The monoisotopic (exact) mass is 731 g/mol. The summed E-state index contributed by atoms with van der Waals surface area (Å²) in [4.78, 5) is 2.52. The van der Waals surface area contributed by atoms with E-state index in [9.17, 15) is 0 Å². The zero-order valence-corrected chi connectivity index (χ0v) is 34.1. The van der Waals surface area contributed by atoms with Crippen LogP contribution in [0.15, 0.2) is 152 Å². The minimum atomic E-state index is -0.150. The molecule has 2 heteroatoms. The van der Waals surface area contributed by atoms with Gasteiger partial charge in [-0.2, -0.15) is 0 Å². The zero-order valence-electron chi connectivity index (χ0n) is 33.3. The molecule has 0 spiro atoms. The third kappa shape index (κ3) is 5.81. The van der Waals surface area contributed by atoms with E-state index in [0.717, 1.165) is 5.69 Å². The normalized spacial score (nSPS) is 13.6. The van der Waals surface area contributed by atoms with E-state index in [1.54, 1.807) is 0 Å². The van der Waals surface area contributed by atoms with Crippen LogP contribution in [0.25, 0.3) is 53.6 Å². The van der Waals surface area contributed by atoms with Gasteiger partial charge in [0.15, 0.2) is 0 Å². The lowest BCUT2D eigenvalue weighted by Gasteiger charge is -2.31. The Kier molecular flexibility index (Phi) is 8.22. The fourth-order valence-corrected chi connectivity index (χ4v) is 10.0. The highest BCUT2D eigenvalue weighted by Gasteiger charge is 2.41. The van der Waals surface area contributed by atoms with Crippen molar-refractivity contribution in [2.45, 2.75) is 71.6 Å². The molecule has 8 aromatic rings. The third-order valence-electron chi connectivity index (χ3n) is 11.7. The summed E-state index contributed by atoms with van der Waals surface area (Å²) in [5, 5.41) is 2.60. The van der Waals surface area contributed by atoms with Crippen molar-refractivity contribution in [3.63, 3.8) is 0 Å². The molecule has 0 bridgehead atoms. The number of rotatable bonds is 5. The van der Waals surface area contributed by atoms with E-state index >= 15 is 0 Å². The van der Waals surface area contributed by atoms with Crippen LogP contribution in [0.2, 0.25) is 0 Å². The van der Waals surface area contributed by atoms with Crippen LogP contribution in [-0.2, 0) is 16.2 Å². The first-order chi connectivity index (χ1) is 26.3. The van der Waals surface area contributed by atoms with Gasteiger partial charge in [-0.05, 0) is 91.2 Å². The van der Waals surface area contributed by atoms with Crippen LogP contribution < -0.4 is 4.90 Å². The lowest BCUT2D eigenvalue weighted by molar-refractivity contribution is 0.564. The molecule has 272 valence electrons. The lowest BCUT2D eigenvalue weighted by Crippen LogP contribution is -2.21. The summed E-state index contributed by atoms with van der Waals surface area (Å²) < 4.78 is 2.60. The lowest BCUT2D eigenvalue weighted by atomic mass is 9.74. The molecule has 1 heterocycles. The average molecular weight is 732 g/mol. The van der Waals surface area contributed by atoms with Gasteiger partial charge in [-0.25, -0.2) is 0 Å². The molecular formula is C53H49NS. The highest BCUT2D eigenvalue weighted by Crippen LogP contribution is 2.57. The molecule has 0 unspecified atom stereocenters. The quantitative estimate of drug-likeness (QED) is 0.170. The molecule has 0 amide bonds. The van der Waals surface area contributed by atoms with E-state index in [1.165, 1.54) is 87.2 Å². The second-order valence-corrected chi connectivity index (χ2v) is 18.9. The van der Waals surface area contributed by atoms with Crippen molar-refractivity contribution in [3.8, 4) is 33.4 Å². The molecule has 1 aliphatic carbocycles. The van der Waals surface area contributed by atoms with Gasteiger partial charge < -0.3 is 4.90 Å². The number of benzene rings is 7. The summed E-state index contributed by atoms with van der Waals surface area (Å²) in [6.45, 7) is 19.0. The molecular weight excluding hydrogens is 683 g/mol. The van der Waals surface area contributed by atoms with Crippen LogP contribution >= 0.6 is 11.3 Å². The standard InChI is InChI=1S/C53H49NS/c1-51(2,3)36-32-43(52(4,5)6)49-44(33-36)53(7,8)42-27-17-25-40(48(42)49)38-23-12-14-28-45(38)54(37-22-16-21-35(31-37)34-19-10-9-11-20-34)46-29-18-26-41-39-24-13-15-30-47(39)55-50(41)46/h9-33H,1-8H3. The molecule has 0 radical (unpaired) electrons. The maximum atomic E-state index is 2.52. The maximum absolute atomic E-state index is 2.52. The van der Waals surface area contributed by atoms with Crippen molar-refractivity contribution in [2.75, 3.05) is 4.90 Å². The Morgan fingerprint density at radius 2 is 1.13 bits per heavy atom. The average Bonchev–Trinajstić information content (AvgIpc) is 3.67. The van der Waals surface area contributed by atoms with Gasteiger partial charge in [0.05, 0.1) is 16.1 Å². The van der Waals surface area contributed by atoms with Crippen molar-refractivity contribution in [1.82, 2.24) is 0 Å². The van der Waals surface area contributed by atoms with Crippen molar-refractivity contribution < 1.29 is 0 Å². The highest BCUT2D eigenvalue weighted by atomic mass is 32.1. The number of hydrogen-bond donors (Lipinski definition) is 0. The van der Waals surface area contributed by atoms with Crippen LogP contribution in [0, 0.1) is 0 Å². The molecule has 1 aromatic heterocycles. The van der Waals surface area contributed by atoms with Crippen LogP contribution in [-0.4, -0.2) is 0 Å². The van der Waals surface area contributed by atoms with Crippen LogP contribution in [0.1, 0.15) is 77.6 Å². The smallest absolute Gasteiger partial charge is 0.0640 e. The molecule has 0 N–H and O–H groups in total. The van der Waals surface area contributed by atoms with Crippen LogP contribution in [0.4, 0.5) is 17.1 Å². The van der Waals surface area contributed by atoms with Gasteiger partial charge in [-0.15, -0.1) is 11.3 Å². The largest absolute Gasteiger partial charge is 0.308 e. The first-order valence-electron chi connectivity index (χ1n) is 19.6. The Labute approximate surface area is 330 Å². The van der Waals surface area contributed by atoms with Crippen molar-refractivity contribution in [2.24, 2.45) is 0 Å². The summed E-state index contributed by atoms with van der Waals surface area (Å²) in [7, 11) is 0. The summed E-state index contributed by atoms with van der Waals surface area (Å²) in [5.74, 6) is 0. The maximum Gasteiger partial charge on any atom is 0.0640 e. The van der Waals surface area contributed by atoms with Crippen LogP contribution in [0.3, 0.4) is 0 Å². The van der Waals surface area contributed by atoms with E-state index in [0.29, 0.717) is 0 Å². The molecule has 9 rings (SSSR count). The fraction of sp³-hybridized carbons (Fsp3) is 0.208. The molecule has 1 aliphatic rings. The van der Waals surface area contributed by atoms with Crippen molar-refractivity contribution in [3.05, 3.63) is 174 Å².